The first-order valence-electron chi connectivity index (χ1n) is 6.23. The van der Waals surface area contributed by atoms with Crippen molar-refractivity contribution in [2.45, 2.75) is 6.18 Å². The van der Waals surface area contributed by atoms with Gasteiger partial charge in [-0.15, -0.1) is 0 Å². The fourth-order valence-electron chi connectivity index (χ4n) is 1.59. The molecule has 0 bridgehead atoms. The van der Waals surface area contributed by atoms with Crippen LogP contribution < -0.4 is 5.32 Å². The van der Waals surface area contributed by atoms with Gasteiger partial charge in [0.1, 0.15) is 0 Å². The van der Waals surface area contributed by atoms with E-state index in [4.69, 9.17) is 23.2 Å². The van der Waals surface area contributed by atoms with Crippen molar-refractivity contribution in [3.05, 3.63) is 63.8 Å². The lowest BCUT2D eigenvalue weighted by Crippen LogP contribution is -2.11. The van der Waals surface area contributed by atoms with Crippen molar-refractivity contribution < 1.29 is 18.0 Å². The summed E-state index contributed by atoms with van der Waals surface area (Å²) in [7, 11) is 0. The Kier molecular flexibility index (Phi) is 5.28. The van der Waals surface area contributed by atoms with Crippen LogP contribution in [-0.4, -0.2) is 10.9 Å². The van der Waals surface area contributed by atoms with Crippen molar-refractivity contribution in [1.82, 2.24) is 4.98 Å². The molecule has 1 amide bonds. The third-order valence-corrected chi connectivity index (χ3v) is 3.25. The Morgan fingerprint density at radius 2 is 1.83 bits per heavy atom. The van der Waals surface area contributed by atoms with Crippen LogP contribution in [0.25, 0.3) is 6.08 Å². The lowest BCUT2D eigenvalue weighted by atomic mass is 10.2. The topological polar surface area (TPSA) is 42.0 Å². The molecule has 1 N–H and O–H groups in total. The van der Waals surface area contributed by atoms with Crippen LogP contribution in [0.4, 0.5) is 19.0 Å². The van der Waals surface area contributed by atoms with Gasteiger partial charge >= 0.3 is 6.18 Å². The molecule has 1 aromatic carbocycles. The zero-order chi connectivity index (χ0) is 17.0. The van der Waals surface area contributed by atoms with Gasteiger partial charge in [-0.05, 0) is 29.8 Å². The first kappa shape index (κ1) is 17.3. The number of anilines is 1. The van der Waals surface area contributed by atoms with Crippen LogP contribution >= 0.6 is 23.2 Å². The highest BCUT2D eigenvalue weighted by atomic mass is 35.5. The average molecular weight is 361 g/mol. The van der Waals surface area contributed by atoms with E-state index in [-0.39, 0.29) is 10.8 Å². The first-order chi connectivity index (χ1) is 10.8. The number of rotatable bonds is 3. The minimum absolute atomic E-state index is 0.148. The van der Waals surface area contributed by atoms with Gasteiger partial charge in [0.25, 0.3) is 0 Å². The van der Waals surface area contributed by atoms with Gasteiger partial charge in [-0.2, -0.15) is 13.2 Å². The van der Waals surface area contributed by atoms with Gasteiger partial charge in [-0.25, -0.2) is 4.98 Å². The number of alkyl halides is 3. The zero-order valence-electron chi connectivity index (χ0n) is 11.4. The number of hydrogen-bond acceptors (Lipinski definition) is 2. The molecule has 23 heavy (non-hydrogen) atoms. The van der Waals surface area contributed by atoms with E-state index in [1.165, 1.54) is 12.2 Å². The molecule has 0 aliphatic rings. The van der Waals surface area contributed by atoms with Gasteiger partial charge in [-0.1, -0.05) is 35.3 Å². The summed E-state index contributed by atoms with van der Waals surface area (Å²) in [5, 5.41) is 2.57. The van der Waals surface area contributed by atoms with Gasteiger partial charge in [0, 0.05) is 17.3 Å². The maximum atomic E-state index is 12.5. The van der Waals surface area contributed by atoms with E-state index in [0.717, 1.165) is 5.56 Å². The highest BCUT2D eigenvalue weighted by Crippen LogP contribution is 2.32. The zero-order valence-corrected chi connectivity index (χ0v) is 12.9. The van der Waals surface area contributed by atoms with E-state index < -0.39 is 17.6 Å². The Labute approximate surface area is 139 Å². The largest absolute Gasteiger partial charge is 0.417 e. The van der Waals surface area contributed by atoms with Crippen molar-refractivity contribution >= 4 is 41.0 Å². The maximum absolute atomic E-state index is 12.5. The SMILES string of the molecule is O=C(C=Cc1ccc(Cl)cc1)Nc1ncc(C(F)(F)F)cc1Cl. The number of halogens is 5. The molecule has 0 atom stereocenters. The van der Waals surface area contributed by atoms with Crippen molar-refractivity contribution in [2.75, 3.05) is 5.32 Å². The fourth-order valence-corrected chi connectivity index (χ4v) is 1.93. The average Bonchev–Trinajstić information content (AvgIpc) is 2.48. The molecule has 0 saturated carbocycles. The smallest absolute Gasteiger partial charge is 0.306 e. The predicted molar refractivity (Wildman–Crippen MR) is 83.4 cm³/mol. The van der Waals surface area contributed by atoms with E-state index in [2.05, 4.69) is 10.3 Å². The molecule has 1 heterocycles. The molecule has 3 nitrogen and oxygen atoms in total. The van der Waals surface area contributed by atoms with Crippen LogP contribution in [0.1, 0.15) is 11.1 Å². The number of carbonyl (C=O) groups is 1. The number of nitrogens with zero attached hydrogens (tertiary/aromatic N) is 1. The van der Waals surface area contributed by atoms with Crippen LogP contribution in [0, 0.1) is 0 Å². The lowest BCUT2D eigenvalue weighted by Gasteiger charge is -2.09. The molecular weight excluding hydrogens is 352 g/mol. The van der Waals surface area contributed by atoms with Crippen molar-refractivity contribution in [1.29, 1.82) is 0 Å². The predicted octanol–water partition coefficient (Wildman–Crippen LogP) is 5.06. The summed E-state index contributed by atoms with van der Waals surface area (Å²) in [6.07, 6.45) is -1.22. The van der Waals surface area contributed by atoms with Crippen molar-refractivity contribution in [3.63, 3.8) is 0 Å². The minimum atomic E-state index is -4.55. The minimum Gasteiger partial charge on any atom is -0.306 e. The molecule has 8 heteroatoms. The number of benzene rings is 1. The summed E-state index contributed by atoms with van der Waals surface area (Å²) < 4.78 is 37.5. The molecule has 120 valence electrons. The van der Waals surface area contributed by atoms with Gasteiger partial charge in [0.05, 0.1) is 10.6 Å². The third kappa shape index (κ3) is 4.97. The second-order valence-corrected chi connectivity index (χ2v) is 5.27. The van der Waals surface area contributed by atoms with Crippen molar-refractivity contribution in [3.8, 4) is 0 Å². The molecular formula is C15H9Cl2F3N2O. The van der Waals surface area contributed by atoms with E-state index in [1.807, 2.05) is 0 Å². The standard InChI is InChI=1S/C15H9Cl2F3N2O/c16-11-4-1-9(2-5-11)3-6-13(23)22-14-12(17)7-10(8-21-14)15(18,19)20/h1-8H,(H,21,22,23). The quantitative estimate of drug-likeness (QED) is 0.777. The number of pyridine rings is 1. The van der Waals surface area contributed by atoms with E-state index in [9.17, 15) is 18.0 Å². The highest BCUT2D eigenvalue weighted by molar-refractivity contribution is 6.33. The number of nitrogens with one attached hydrogen (secondary N) is 1. The normalized spacial score (nSPS) is 11.7. The molecule has 0 aliphatic heterocycles. The summed E-state index contributed by atoms with van der Waals surface area (Å²) in [4.78, 5) is 15.3. The van der Waals surface area contributed by atoms with Gasteiger partial charge < -0.3 is 5.32 Å². The summed E-state index contributed by atoms with van der Waals surface area (Å²) in [6, 6.07) is 7.43. The summed E-state index contributed by atoms with van der Waals surface area (Å²) in [5.41, 5.74) is -0.256. The summed E-state index contributed by atoms with van der Waals surface area (Å²) in [5.74, 6) is -0.723. The molecule has 0 unspecified atom stereocenters. The monoisotopic (exact) mass is 360 g/mol. The number of amides is 1. The first-order valence-corrected chi connectivity index (χ1v) is 6.98. The second-order valence-electron chi connectivity index (χ2n) is 4.43. The molecule has 0 aliphatic carbocycles. The summed E-state index contributed by atoms with van der Waals surface area (Å²) in [6.45, 7) is 0. The highest BCUT2D eigenvalue weighted by Gasteiger charge is 2.31. The lowest BCUT2D eigenvalue weighted by molar-refractivity contribution is -0.137. The van der Waals surface area contributed by atoms with Crippen LogP contribution in [0.5, 0.6) is 0 Å². The molecule has 2 rings (SSSR count). The van der Waals surface area contributed by atoms with E-state index in [1.54, 1.807) is 24.3 Å². The van der Waals surface area contributed by atoms with E-state index >= 15 is 0 Å². The van der Waals surface area contributed by atoms with Crippen LogP contribution in [-0.2, 0) is 11.0 Å². The summed E-state index contributed by atoms with van der Waals surface area (Å²) >= 11 is 11.4. The van der Waals surface area contributed by atoms with E-state index in [0.29, 0.717) is 17.3 Å². The Balaban J connectivity index is 2.07. The Morgan fingerprint density at radius 3 is 2.39 bits per heavy atom. The molecule has 0 fully saturated rings. The Bertz CT molecular complexity index is 743. The molecule has 0 saturated heterocycles. The third-order valence-electron chi connectivity index (χ3n) is 2.71. The van der Waals surface area contributed by atoms with Gasteiger partial charge in [0.15, 0.2) is 5.82 Å². The molecule has 0 radical (unpaired) electrons. The number of carbonyl (C=O) groups excluding carboxylic acids is 1. The molecule has 2 aromatic rings. The number of aromatic nitrogens is 1. The fraction of sp³-hybridized carbons (Fsp3) is 0.0667. The molecule has 1 aromatic heterocycles. The van der Waals surface area contributed by atoms with Crippen LogP contribution in [0.2, 0.25) is 10.0 Å². The molecule has 0 spiro atoms. The van der Waals surface area contributed by atoms with Gasteiger partial charge in [0.2, 0.25) is 5.91 Å². The Morgan fingerprint density at radius 1 is 1.17 bits per heavy atom. The van der Waals surface area contributed by atoms with Crippen molar-refractivity contribution in [2.24, 2.45) is 0 Å². The Hall–Kier alpha value is -2.05. The van der Waals surface area contributed by atoms with Crippen LogP contribution in [0.3, 0.4) is 0 Å². The second kappa shape index (κ2) is 7.02. The van der Waals surface area contributed by atoms with Crippen LogP contribution in [0.15, 0.2) is 42.6 Å². The number of hydrogen-bond donors (Lipinski definition) is 1. The maximum Gasteiger partial charge on any atom is 0.417 e. The van der Waals surface area contributed by atoms with Gasteiger partial charge in [-0.3, -0.25) is 4.79 Å².